The molecule has 2 amide bonds. The Balaban J connectivity index is 1.75. The van der Waals surface area contributed by atoms with E-state index in [1.807, 2.05) is 0 Å². The van der Waals surface area contributed by atoms with Crippen LogP contribution in [0.15, 0.2) is 5.38 Å². The van der Waals surface area contributed by atoms with Gasteiger partial charge < -0.3 is 15.4 Å². The molecule has 21 heavy (non-hydrogen) atoms. The molecule has 0 aromatic carbocycles. The molecule has 1 aromatic heterocycles. The molecule has 0 unspecified atom stereocenters. The summed E-state index contributed by atoms with van der Waals surface area (Å²) in [6.07, 6.45) is 0. The van der Waals surface area contributed by atoms with Crippen LogP contribution in [-0.4, -0.2) is 61.1 Å². The van der Waals surface area contributed by atoms with E-state index >= 15 is 0 Å². The first kappa shape index (κ1) is 15.9. The van der Waals surface area contributed by atoms with E-state index < -0.39 is 0 Å². The fourth-order valence-corrected chi connectivity index (χ4v) is 2.76. The third-order valence-corrected chi connectivity index (χ3v) is 3.87. The molecule has 1 saturated heterocycles. The molecule has 0 spiro atoms. The highest BCUT2D eigenvalue weighted by molar-refractivity contribution is 7.09. The number of carbonyl (C=O) groups excluding carboxylic acids is 2. The second kappa shape index (κ2) is 8.06. The molecule has 0 atom stereocenters. The van der Waals surface area contributed by atoms with E-state index in [0.29, 0.717) is 18.8 Å². The number of hydrogen-bond donors (Lipinski definition) is 2. The number of carbonyl (C=O) groups is 2. The molecule has 1 aliphatic rings. The van der Waals surface area contributed by atoms with Crippen molar-refractivity contribution in [2.75, 3.05) is 39.4 Å². The lowest BCUT2D eigenvalue weighted by Gasteiger charge is -2.25. The van der Waals surface area contributed by atoms with Crippen LogP contribution in [0.3, 0.4) is 0 Å². The van der Waals surface area contributed by atoms with Crippen molar-refractivity contribution in [1.29, 1.82) is 0 Å². The summed E-state index contributed by atoms with van der Waals surface area (Å²) < 4.78 is 5.30. The molecule has 0 saturated carbocycles. The van der Waals surface area contributed by atoms with Crippen molar-refractivity contribution in [2.45, 2.75) is 13.5 Å². The molecule has 116 valence electrons. The van der Waals surface area contributed by atoms with Crippen LogP contribution in [-0.2, 0) is 16.1 Å². The second-order valence-electron chi connectivity index (χ2n) is 4.75. The number of nitrogens with zero attached hydrogens (tertiary/aromatic N) is 2. The van der Waals surface area contributed by atoms with Crippen molar-refractivity contribution >= 4 is 23.2 Å². The zero-order valence-corrected chi connectivity index (χ0v) is 12.9. The van der Waals surface area contributed by atoms with Gasteiger partial charge in [0.1, 0.15) is 10.7 Å². The van der Waals surface area contributed by atoms with Crippen LogP contribution in [0, 0.1) is 0 Å². The van der Waals surface area contributed by atoms with Crippen molar-refractivity contribution in [3.8, 4) is 0 Å². The molecule has 1 aromatic rings. The third-order valence-electron chi connectivity index (χ3n) is 3.03. The minimum absolute atomic E-state index is 0.106. The van der Waals surface area contributed by atoms with E-state index in [2.05, 4.69) is 20.5 Å². The van der Waals surface area contributed by atoms with Gasteiger partial charge in [0.25, 0.3) is 5.91 Å². The fourth-order valence-electron chi connectivity index (χ4n) is 1.94. The Labute approximate surface area is 127 Å². The Morgan fingerprint density at radius 1 is 1.33 bits per heavy atom. The summed E-state index contributed by atoms with van der Waals surface area (Å²) in [4.78, 5) is 29.2. The van der Waals surface area contributed by atoms with Gasteiger partial charge in [0.05, 0.1) is 19.8 Å². The largest absolute Gasteiger partial charge is 0.379 e. The number of ether oxygens (including phenoxy) is 1. The average Bonchev–Trinajstić information content (AvgIpc) is 2.93. The summed E-state index contributed by atoms with van der Waals surface area (Å²) in [7, 11) is 0. The van der Waals surface area contributed by atoms with Crippen LogP contribution in [0.4, 0.5) is 0 Å². The quantitative estimate of drug-likeness (QED) is 0.713. The van der Waals surface area contributed by atoms with Crippen molar-refractivity contribution in [3.05, 3.63) is 16.1 Å². The van der Waals surface area contributed by atoms with Crippen LogP contribution in [0.1, 0.15) is 22.4 Å². The molecule has 2 rings (SSSR count). The standard InChI is InChI=1S/C13H20N4O3S/c1-10(18)14-2-3-15-13(19)11-9-21-12(16-11)8-17-4-6-20-7-5-17/h9H,2-8H2,1H3,(H,14,18)(H,15,19). The van der Waals surface area contributed by atoms with Gasteiger partial charge in [-0.3, -0.25) is 14.5 Å². The van der Waals surface area contributed by atoms with Crippen LogP contribution >= 0.6 is 11.3 Å². The first-order valence-corrected chi connectivity index (χ1v) is 7.80. The van der Waals surface area contributed by atoms with Crippen molar-refractivity contribution < 1.29 is 14.3 Å². The van der Waals surface area contributed by atoms with Crippen molar-refractivity contribution in [2.24, 2.45) is 0 Å². The van der Waals surface area contributed by atoms with Crippen LogP contribution in [0.2, 0.25) is 0 Å². The number of nitrogens with one attached hydrogen (secondary N) is 2. The Bertz CT molecular complexity index is 486. The molecule has 7 nitrogen and oxygen atoms in total. The summed E-state index contributed by atoms with van der Waals surface area (Å²) >= 11 is 1.49. The molecule has 2 heterocycles. The summed E-state index contributed by atoms with van der Waals surface area (Å²) in [5.74, 6) is -0.310. The summed E-state index contributed by atoms with van der Waals surface area (Å²) in [6, 6.07) is 0. The van der Waals surface area contributed by atoms with Gasteiger partial charge >= 0.3 is 0 Å². The highest BCUT2D eigenvalue weighted by Crippen LogP contribution is 2.13. The van der Waals surface area contributed by atoms with E-state index in [0.717, 1.165) is 37.9 Å². The van der Waals surface area contributed by atoms with E-state index in [1.165, 1.54) is 18.3 Å². The maximum atomic E-state index is 11.9. The van der Waals surface area contributed by atoms with Crippen LogP contribution < -0.4 is 10.6 Å². The van der Waals surface area contributed by atoms with Gasteiger partial charge in [-0.2, -0.15) is 0 Å². The van der Waals surface area contributed by atoms with Crippen LogP contribution in [0.25, 0.3) is 0 Å². The lowest BCUT2D eigenvalue weighted by Crippen LogP contribution is -2.35. The zero-order chi connectivity index (χ0) is 15.1. The topological polar surface area (TPSA) is 83.6 Å². The Hall–Kier alpha value is -1.51. The summed E-state index contributed by atoms with van der Waals surface area (Å²) in [5, 5.41) is 8.05. The molecule has 0 aliphatic carbocycles. The van der Waals surface area contributed by atoms with Gasteiger partial charge in [-0.05, 0) is 0 Å². The maximum Gasteiger partial charge on any atom is 0.270 e. The van der Waals surface area contributed by atoms with Gasteiger partial charge in [-0.25, -0.2) is 4.98 Å². The molecule has 1 aliphatic heterocycles. The molecule has 1 fully saturated rings. The van der Waals surface area contributed by atoms with Gasteiger partial charge in [0.15, 0.2) is 0 Å². The average molecular weight is 312 g/mol. The highest BCUT2D eigenvalue weighted by atomic mass is 32.1. The number of aromatic nitrogens is 1. The van der Waals surface area contributed by atoms with Gasteiger partial charge in [-0.1, -0.05) is 0 Å². The third kappa shape index (κ3) is 5.41. The van der Waals surface area contributed by atoms with Crippen molar-refractivity contribution in [1.82, 2.24) is 20.5 Å². The van der Waals surface area contributed by atoms with E-state index in [1.54, 1.807) is 5.38 Å². The smallest absolute Gasteiger partial charge is 0.270 e. The molecule has 8 heteroatoms. The van der Waals surface area contributed by atoms with E-state index in [4.69, 9.17) is 4.74 Å². The minimum Gasteiger partial charge on any atom is -0.379 e. The van der Waals surface area contributed by atoms with Gasteiger partial charge in [-0.15, -0.1) is 11.3 Å². The predicted octanol–water partition coefficient (Wildman–Crippen LogP) is -0.159. The molecular formula is C13H20N4O3S. The Kier molecular flexibility index (Phi) is 6.09. The van der Waals surface area contributed by atoms with Gasteiger partial charge in [0, 0.05) is 38.5 Å². The molecule has 2 N–H and O–H groups in total. The Morgan fingerprint density at radius 2 is 2.05 bits per heavy atom. The maximum absolute atomic E-state index is 11.9. The first-order chi connectivity index (χ1) is 10.1. The first-order valence-electron chi connectivity index (χ1n) is 6.92. The zero-order valence-electron chi connectivity index (χ0n) is 12.1. The number of thiazole rings is 1. The van der Waals surface area contributed by atoms with Crippen LogP contribution in [0.5, 0.6) is 0 Å². The van der Waals surface area contributed by atoms with Gasteiger partial charge in [0.2, 0.25) is 5.91 Å². The van der Waals surface area contributed by atoms with Crippen molar-refractivity contribution in [3.63, 3.8) is 0 Å². The molecule has 0 radical (unpaired) electrons. The number of hydrogen-bond acceptors (Lipinski definition) is 6. The lowest BCUT2D eigenvalue weighted by molar-refractivity contribution is -0.118. The lowest BCUT2D eigenvalue weighted by atomic mass is 10.4. The van der Waals surface area contributed by atoms with E-state index in [9.17, 15) is 9.59 Å². The monoisotopic (exact) mass is 312 g/mol. The highest BCUT2D eigenvalue weighted by Gasteiger charge is 2.15. The number of rotatable bonds is 6. The second-order valence-corrected chi connectivity index (χ2v) is 5.70. The predicted molar refractivity (Wildman–Crippen MR) is 79.2 cm³/mol. The molecule has 0 bridgehead atoms. The Morgan fingerprint density at radius 3 is 2.76 bits per heavy atom. The SMILES string of the molecule is CC(=O)NCCNC(=O)c1csc(CN2CCOCC2)n1. The summed E-state index contributed by atoms with van der Waals surface area (Å²) in [5.41, 5.74) is 0.436. The number of morpholine rings is 1. The minimum atomic E-state index is -0.204. The van der Waals surface area contributed by atoms with E-state index in [-0.39, 0.29) is 11.8 Å². The summed E-state index contributed by atoms with van der Waals surface area (Å²) in [6.45, 7) is 6.33. The number of amides is 2. The molecular weight excluding hydrogens is 292 g/mol. The normalized spacial score (nSPS) is 15.7. The fraction of sp³-hybridized carbons (Fsp3) is 0.615.